The average Bonchev–Trinajstić information content (AvgIpc) is 2.97. The van der Waals surface area contributed by atoms with Gasteiger partial charge in [-0.1, -0.05) is 12.1 Å². The van der Waals surface area contributed by atoms with E-state index in [1.54, 1.807) is 19.2 Å². The van der Waals surface area contributed by atoms with E-state index in [0.717, 1.165) is 11.3 Å². The molecule has 1 N–H and O–H groups in total. The fourth-order valence-electron chi connectivity index (χ4n) is 2.02. The molecule has 1 aromatic heterocycles. The normalized spacial score (nSPS) is 10.5. The van der Waals surface area contributed by atoms with Gasteiger partial charge in [0.1, 0.15) is 23.0 Å². The van der Waals surface area contributed by atoms with Gasteiger partial charge in [0.2, 0.25) is 0 Å². The summed E-state index contributed by atoms with van der Waals surface area (Å²) in [5, 5.41) is 10.9. The number of nitrogens with one attached hydrogen (secondary N) is 1. The number of methoxy groups -OCH3 is 1. The number of aromatic nitrogens is 3. The van der Waals surface area contributed by atoms with E-state index in [4.69, 9.17) is 4.74 Å². The van der Waals surface area contributed by atoms with Crippen LogP contribution in [0.5, 0.6) is 5.75 Å². The third-order valence-corrected chi connectivity index (χ3v) is 3.01. The van der Waals surface area contributed by atoms with Crippen molar-refractivity contribution in [2.75, 3.05) is 7.11 Å². The van der Waals surface area contributed by atoms with Crippen molar-refractivity contribution in [2.24, 2.45) is 0 Å². The van der Waals surface area contributed by atoms with Gasteiger partial charge < -0.3 is 4.74 Å². The fourth-order valence-corrected chi connectivity index (χ4v) is 2.02. The van der Waals surface area contributed by atoms with Crippen LogP contribution in [0.25, 0.3) is 22.5 Å². The number of benzene rings is 2. The van der Waals surface area contributed by atoms with E-state index in [0.29, 0.717) is 17.0 Å². The van der Waals surface area contributed by atoms with Crippen molar-refractivity contribution in [2.45, 2.75) is 0 Å². The first-order valence-corrected chi connectivity index (χ1v) is 6.09. The highest BCUT2D eigenvalue weighted by Gasteiger charge is 2.12. The largest absolute Gasteiger partial charge is 0.497 e. The van der Waals surface area contributed by atoms with Gasteiger partial charge in [-0.2, -0.15) is 15.4 Å². The van der Waals surface area contributed by atoms with Crippen LogP contribution in [0.15, 0.2) is 48.5 Å². The van der Waals surface area contributed by atoms with Crippen molar-refractivity contribution in [3.8, 4) is 28.3 Å². The third kappa shape index (κ3) is 2.25. The molecule has 0 radical (unpaired) electrons. The van der Waals surface area contributed by atoms with E-state index in [-0.39, 0.29) is 5.82 Å². The van der Waals surface area contributed by atoms with E-state index in [2.05, 4.69) is 15.4 Å². The molecule has 4 nitrogen and oxygen atoms in total. The number of halogens is 1. The van der Waals surface area contributed by atoms with Crippen LogP contribution in [0.2, 0.25) is 0 Å². The minimum Gasteiger partial charge on any atom is -0.497 e. The first kappa shape index (κ1) is 12.3. The summed E-state index contributed by atoms with van der Waals surface area (Å²) in [6.45, 7) is 0. The highest BCUT2D eigenvalue weighted by Crippen LogP contribution is 2.29. The second kappa shape index (κ2) is 5.13. The summed E-state index contributed by atoms with van der Waals surface area (Å²) in [6, 6.07) is 13.8. The Hall–Kier alpha value is -2.69. The van der Waals surface area contributed by atoms with Crippen molar-refractivity contribution >= 4 is 0 Å². The van der Waals surface area contributed by atoms with Gasteiger partial charge in [0.25, 0.3) is 0 Å². The minimum absolute atomic E-state index is 0.300. The molecule has 0 aliphatic rings. The Morgan fingerprint density at radius 2 is 1.65 bits per heavy atom. The van der Waals surface area contributed by atoms with Crippen LogP contribution in [-0.2, 0) is 0 Å². The van der Waals surface area contributed by atoms with E-state index < -0.39 is 0 Å². The molecule has 3 rings (SSSR count). The number of nitrogens with zero attached hydrogens (tertiary/aromatic N) is 2. The molecule has 0 amide bonds. The summed E-state index contributed by atoms with van der Waals surface area (Å²) in [6.07, 6.45) is 0. The number of rotatable bonds is 3. The number of hydrogen-bond donors (Lipinski definition) is 1. The lowest BCUT2D eigenvalue weighted by molar-refractivity contribution is 0.415. The molecule has 0 atom stereocenters. The molecular weight excluding hydrogens is 257 g/mol. The predicted molar refractivity (Wildman–Crippen MR) is 73.8 cm³/mol. The lowest BCUT2D eigenvalue weighted by Crippen LogP contribution is -1.86. The van der Waals surface area contributed by atoms with Crippen molar-refractivity contribution in [3.63, 3.8) is 0 Å². The zero-order chi connectivity index (χ0) is 13.9. The van der Waals surface area contributed by atoms with Crippen molar-refractivity contribution in [3.05, 3.63) is 54.3 Å². The smallest absolute Gasteiger partial charge is 0.123 e. The number of ether oxygens (including phenoxy) is 1. The van der Waals surface area contributed by atoms with E-state index >= 15 is 0 Å². The molecule has 0 spiro atoms. The molecule has 20 heavy (non-hydrogen) atoms. The van der Waals surface area contributed by atoms with Gasteiger partial charge in [-0.3, -0.25) is 0 Å². The fraction of sp³-hybridized carbons (Fsp3) is 0.0667. The Balaban J connectivity index is 2.05. The zero-order valence-corrected chi connectivity index (χ0v) is 10.8. The lowest BCUT2D eigenvalue weighted by Gasteiger charge is -2.03. The lowest BCUT2D eigenvalue weighted by atomic mass is 10.0. The quantitative estimate of drug-likeness (QED) is 0.793. The van der Waals surface area contributed by atoms with Crippen LogP contribution < -0.4 is 4.74 Å². The number of aromatic amines is 1. The molecule has 0 fully saturated rings. The third-order valence-electron chi connectivity index (χ3n) is 3.01. The summed E-state index contributed by atoms with van der Waals surface area (Å²) in [5.74, 6) is 0.468. The summed E-state index contributed by atoms with van der Waals surface area (Å²) in [7, 11) is 1.61. The minimum atomic E-state index is -0.300. The molecule has 0 unspecified atom stereocenters. The molecule has 0 aliphatic heterocycles. The molecule has 100 valence electrons. The second-order valence-corrected chi connectivity index (χ2v) is 4.26. The maximum absolute atomic E-state index is 13.3. The van der Waals surface area contributed by atoms with Crippen molar-refractivity contribution < 1.29 is 9.13 Å². The highest BCUT2D eigenvalue weighted by atomic mass is 19.1. The second-order valence-electron chi connectivity index (χ2n) is 4.26. The summed E-state index contributed by atoms with van der Waals surface area (Å²) < 4.78 is 18.4. The molecule has 2 aromatic carbocycles. The molecule has 0 saturated carbocycles. The van der Waals surface area contributed by atoms with Gasteiger partial charge in [0.15, 0.2) is 0 Å². The first-order chi connectivity index (χ1) is 9.78. The van der Waals surface area contributed by atoms with Gasteiger partial charge in [0, 0.05) is 11.1 Å². The van der Waals surface area contributed by atoms with Gasteiger partial charge in [-0.15, -0.1) is 0 Å². The molecule has 1 heterocycles. The topological polar surface area (TPSA) is 50.8 Å². The molecular formula is C15H12FN3O. The Morgan fingerprint density at radius 1 is 0.950 bits per heavy atom. The van der Waals surface area contributed by atoms with Crippen LogP contribution >= 0.6 is 0 Å². The summed E-state index contributed by atoms with van der Waals surface area (Å²) >= 11 is 0. The van der Waals surface area contributed by atoms with Gasteiger partial charge in [0.05, 0.1) is 7.11 Å². The van der Waals surface area contributed by atoms with Crippen LogP contribution in [0.1, 0.15) is 0 Å². The Morgan fingerprint density at radius 3 is 2.30 bits per heavy atom. The Labute approximate surface area is 115 Å². The van der Waals surface area contributed by atoms with Gasteiger partial charge >= 0.3 is 0 Å². The number of H-pyrrole nitrogens is 1. The molecule has 0 aliphatic carbocycles. The monoisotopic (exact) mass is 269 g/mol. The van der Waals surface area contributed by atoms with Crippen molar-refractivity contribution in [1.82, 2.24) is 15.4 Å². The van der Waals surface area contributed by atoms with Gasteiger partial charge in [-0.25, -0.2) is 4.39 Å². The molecule has 5 heteroatoms. The van der Waals surface area contributed by atoms with Crippen LogP contribution in [0.3, 0.4) is 0 Å². The van der Waals surface area contributed by atoms with Crippen LogP contribution in [-0.4, -0.2) is 22.5 Å². The average molecular weight is 269 g/mol. The van der Waals surface area contributed by atoms with E-state index in [9.17, 15) is 4.39 Å². The number of hydrogen-bond acceptors (Lipinski definition) is 3. The maximum atomic E-state index is 13.3. The Kier molecular flexibility index (Phi) is 3.16. The molecule has 0 saturated heterocycles. The first-order valence-electron chi connectivity index (χ1n) is 6.09. The van der Waals surface area contributed by atoms with Gasteiger partial charge in [-0.05, 0) is 36.4 Å². The standard InChI is InChI=1S/C15H12FN3O/c1-20-13-7-5-10(6-8-13)14-15(18-19-17-14)11-3-2-4-12(16)9-11/h2-9H,1H3,(H,17,18,19). The van der Waals surface area contributed by atoms with Crippen molar-refractivity contribution in [1.29, 1.82) is 0 Å². The Bertz CT molecular complexity index is 722. The zero-order valence-electron chi connectivity index (χ0n) is 10.8. The summed E-state index contributed by atoms with van der Waals surface area (Å²) in [5.41, 5.74) is 2.87. The predicted octanol–water partition coefficient (Wildman–Crippen LogP) is 3.29. The summed E-state index contributed by atoms with van der Waals surface area (Å²) in [4.78, 5) is 0. The van der Waals surface area contributed by atoms with Crippen LogP contribution in [0.4, 0.5) is 4.39 Å². The molecule has 3 aromatic rings. The van der Waals surface area contributed by atoms with Crippen LogP contribution in [0, 0.1) is 5.82 Å². The van der Waals surface area contributed by atoms with E-state index in [1.807, 2.05) is 24.3 Å². The maximum Gasteiger partial charge on any atom is 0.123 e. The van der Waals surface area contributed by atoms with E-state index in [1.165, 1.54) is 12.1 Å². The molecule has 0 bridgehead atoms. The SMILES string of the molecule is COc1ccc(-c2n[nH]nc2-c2cccc(F)c2)cc1. The highest BCUT2D eigenvalue weighted by molar-refractivity contribution is 5.77.